The minimum atomic E-state index is -0.165. The maximum absolute atomic E-state index is 6.56. The van der Waals surface area contributed by atoms with Crippen LogP contribution in [0.3, 0.4) is 0 Å². The van der Waals surface area contributed by atoms with Gasteiger partial charge in [-0.1, -0.05) is 77.9 Å². The van der Waals surface area contributed by atoms with E-state index in [1.165, 1.54) is 27.5 Å². The van der Waals surface area contributed by atoms with E-state index >= 15 is 0 Å². The van der Waals surface area contributed by atoms with E-state index in [4.69, 9.17) is 14.2 Å². The quantitative estimate of drug-likeness (QED) is 0.340. The Morgan fingerprint density at radius 2 is 1.41 bits per heavy atom. The summed E-state index contributed by atoms with van der Waals surface area (Å²) in [7, 11) is 0. The summed E-state index contributed by atoms with van der Waals surface area (Å²) in [5, 5.41) is 2.46. The topological polar surface area (TPSA) is 27.7 Å². The molecule has 4 aromatic carbocycles. The number of fused-ring (bicyclic) bond motifs is 1. The molecule has 3 nitrogen and oxygen atoms in total. The van der Waals surface area contributed by atoms with E-state index in [2.05, 4.69) is 80.6 Å². The number of aryl methyl sites for hydroxylation is 2. The van der Waals surface area contributed by atoms with E-state index < -0.39 is 0 Å². The fourth-order valence-electron chi connectivity index (χ4n) is 4.32. The van der Waals surface area contributed by atoms with Crippen molar-refractivity contribution in [1.82, 2.24) is 0 Å². The Morgan fingerprint density at radius 1 is 0.750 bits per heavy atom. The minimum Gasteiger partial charge on any atom is -0.491 e. The molecule has 0 radical (unpaired) electrons. The van der Waals surface area contributed by atoms with Crippen LogP contribution in [-0.4, -0.2) is 18.8 Å². The SMILES string of the molecule is Cc1ccc(OC[C@H]2O[C@@H](c3cccc4ccccc34)C[C@@H]2Oc2ccc(C)cc2)cc1. The van der Waals surface area contributed by atoms with Gasteiger partial charge in [-0.15, -0.1) is 0 Å². The summed E-state index contributed by atoms with van der Waals surface area (Å²) in [4.78, 5) is 0. The van der Waals surface area contributed by atoms with Crippen LogP contribution in [0.1, 0.15) is 29.2 Å². The fraction of sp³-hybridized carbons (Fsp3) is 0.241. The Balaban J connectivity index is 1.39. The first-order valence-electron chi connectivity index (χ1n) is 11.2. The summed E-state index contributed by atoms with van der Waals surface area (Å²) >= 11 is 0. The zero-order chi connectivity index (χ0) is 21.9. The fourth-order valence-corrected chi connectivity index (χ4v) is 4.32. The van der Waals surface area contributed by atoms with Crippen LogP contribution in [0, 0.1) is 13.8 Å². The van der Waals surface area contributed by atoms with Crippen LogP contribution >= 0.6 is 0 Å². The van der Waals surface area contributed by atoms with Crippen LogP contribution < -0.4 is 9.47 Å². The molecule has 1 heterocycles. The van der Waals surface area contributed by atoms with Gasteiger partial charge < -0.3 is 14.2 Å². The second-order valence-electron chi connectivity index (χ2n) is 8.56. The van der Waals surface area contributed by atoms with E-state index in [0.717, 1.165) is 17.9 Å². The normalized spacial score (nSPS) is 20.4. The first-order valence-corrected chi connectivity index (χ1v) is 11.2. The minimum absolute atomic E-state index is 0.0387. The maximum Gasteiger partial charge on any atom is 0.131 e. The highest BCUT2D eigenvalue weighted by Crippen LogP contribution is 2.38. The van der Waals surface area contributed by atoms with Crippen molar-refractivity contribution in [3.63, 3.8) is 0 Å². The van der Waals surface area contributed by atoms with Gasteiger partial charge in [0.05, 0.1) is 6.10 Å². The largest absolute Gasteiger partial charge is 0.491 e. The van der Waals surface area contributed by atoms with Crippen molar-refractivity contribution >= 4 is 10.8 Å². The van der Waals surface area contributed by atoms with E-state index in [1.54, 1.807) is 0 Å². The molecule has 0 saturated carbocycles. The highest BCUT2D eigenvalue weighted by atomic mass is 16.6. The van der Waals surface area contributed by atoms with Crippen molar-refractivity contribution in [2.75, 3.05) is 6.61 Å². The van der Waals surface area contributed by atoms with Gasteiger partial charge >= 0.3 is 0 Å². The molecule has 5 rings (SSSR count). The van der Waals surface area contributed by atoms with Crippen LogP contribution in [0.2, 0.25) is 0 Å². The predicted octanol–water partition coefficient (Wildman–Crippen LogP) is 6.81. The number of rotatable bonds is 6. The summed E-state index contributed by atoms with van der Waals surface area (Å²) in [5.41, 5.74) is 3.64. The third kappa shape index (κ3) is 4.49. The first-order chi connectivity index (χ1) is 15.7. The lowest BCUT2D eigenvalue weighted by Crippen LogP contribution is -2.32. The Hall–Kier alpha value is -3.30. The molecule has 4 aromatic rings. The van der Waals surface area contributed by atoms with Gasteiger partial charge in [-0.05, 0) is 54.4 Å². The summed E-state index contributed by atoms with van der Waals surface area (Å²) in [6, 6.07) is 31.2. The summed E-state index contributed by atoms with van der Waals surface area (Å²) < 4.78 is 19.1. The van der Waals surface area contributed by atoms with Crippen molar-refractivity contribution in [3.05, 3.63) is 108 Å². The molecule has 32 heavy (non-hydrogen) atoms. The molecule has 3 heteroatoms. The average Bonchev–Trinajstić information content (AvgIpc) is 3.22. The number of benzene rings is 4. The van der Waals surface area contributed by atoms with Crippen LogP contribution in [0.15, 0.2) is 91.0 Å². The van der Waals surface area contributed by atoms with Crippen molar-refractivity contribution in [3.8, 4) is 11.5 Å². The Morgan fingerprint density at radius 3 is 2.16 bits per heavy atom. The molecule has 0 spiro atoms. The molecule has 162 valence electrons. The molecular weight excluding hydrogens is 396 g/mol. The van der Waals surface area contributed by atoms with Crippen molar-refractivity contribution in [2.45, 2.75) is 38.6 Å². The van der Waals surface area contributed by atoms with Gasteiger partial charge in [0.15, 0.2) is 0 Å². The molecule has 0 unspecified atom stereocenters. The van der Waals surface area contributed by atoms with Crippen molar-refractivity contribution in [2.24, 2.45) is 0 Å². The molecule has 0 aliphatic carbocycles. The van der Waals surface area contributed by atoms with E-state index in [1.807, 2.05) is 24.3 Å². The smallest absolute Gasteiger partial charge is 0.131 e. The monoisotopic (exact) mass is 424 g/mol. The highest BCUT2D eigenvalue weighted by Gasteiger charge is 2.38. The Kier molecular flexibility index (Phi) is 5.83. The van der Waals surface area contributed by atoms with E-state index in [-0.39, 0.29) is 18.3 Å². The van der Waals surface area contributed by atoms with Crippen molar-refractivity contribution < 1.29 is 14.2 Å². The molecule has 1 aliphatic rings. The van der Waals surface area contributed by atoms with Gasteiger partial charge in [0.25, 0.3) is 0 Å². The lowest BCUT2D eigenvalue weighted by atomic mass is 9.98. The van der Waals surface area contributed by atoms with Crippen LogP contribution in [0.25, 0.3) is 10.8 Å². The summed E-state index contributed by atoms with van der Waals surface area (Å²) in [5.74, 6) is 1.71. The molecule has 0 bridgehead atoms. The lowest BCUT2D eigenvalue weighted by Gasteiger charge is -2.20. The lowest BCUT2D eigenvalue weighted by molar-refractivity contribution is -0.0103. The molecule has 1 fully saturated rings. The van der Waals surface area contributed by atoms with Crippen LogP contribution in [0.4, 0.5) is 0 Å². The second-order valence-corrected chi connectivity index (χ2v) is 8.56. The van der Waals surface area contributed by atoms with Gasteiger partial charge in [-0.2, -0.15) is 0 Å². The van der Waals surface area contributed by atoms with Gasteiger partial charge in [0.2, 0.25) is 0 Å². The second kappa shape index (κ2) is 9.05. The standard InChI is InChI=1S/C29H28O3/c1-20-10-14-23(15-11-20)30-19-29-28(31-24-16-12-21(2)13-17-24)18-27(32-29)26-9-5-7-22-6-3-4-8-25(22)26/h3-17,27-29H,18-19H2,1-2H3/t27-,28+,29-/m1/s1. The highest BCUT2D eigenvalue weighted by molar-refractivity contribution is 5.86. The Labute approximate surface area is 189 Å². The van der Waals surface area contributed by atoms with Crippen molar-refractivity contribution in [1.29, 1.82) is 0 Å². The summed E-state index contributed by atoms with van der Waals surface area (Å²) in [6.07, 6.45) is 0.487. The zero-order valence-corrected chi connectivity index (χ0v) is 18.5. The molecule has 3 atom stereocenters. The average molecular weight is 425 g/mol. The molecule has 0 N–H and O–H groups in total. The molecule has 0 aromatic heterocycles. The van der Waals surface area contributed by atoms with Gasteiger partial charge in [0.1, 0.15) is 30.3 Å². The third-order valence-electron chi connectivity index (χ3n) is 6.11. The van der Waals surface area contributed by atoms with Crippen LogP contribution in [-0.2, 0) is 4.74 Å². The summed E-state index contributed by atoms with van der Waals surface area (Å²) in [6.45, 7) is 4.60. The molecule has 1 saturated heterocycles. The molecular formula is C29H28O3. The predicted molar refractivity (Wildman–Crippen MR) is 128 cm³/mol. The van der Waals surface area contributed by atoms with E-state index in [0.29, 0.717) is 6.61 Å². The number of hydrogen-bond donors (Lipinski definition) is 0. The zero-order valence-electron chi connectivity index (χ0n) is 18.5. The maximum atomic E-state index is 6.56. The Bertz CT molecular complexity index is 1180. The molecule has 1 aliphatic heterocycles. The third-order valence-corrected chi connectivity index (χ3v) is 6.11. The first kappa shape index (κ1) is 20.6. The number of ether oxygens (including phenoxy) is 3. The van der Waals surface area contributed by atoms with Gasteiger partial charge in [0, 0.05) is 6.42 Å². The van der Waals surface area contributed by atoms with E-state index in [9.17, 15) is 0 Å². The van der Waals surface area contributed by atoms with Gasteiger partial charge in [-0.3, -0.25) is 0 Å². The number of hydrogen-bond acceptors (Lipinski definition) is 3. The molecule has 0 amide bonds. The van der Waals surface area contributed by atoms with Gasteiger partial charge in [-0.25, -0.2) is 0 Å². The van der Waals surface area contributed by atoms with Crippen LogP contribution in [0.5, 0.6) is 11.5 Å².